The molecule has 3 aliphatic carbocycles. The number of carbonyl (C=O) groups is 3. The lowest BCUT2D eigenvalue weighted by Crippen LogP contribution is -2.55. The summed E-state index contributed by atoms with van der Waals surface area (Å²) in [7, 11) is 1.45. The number of Topliss-reactive ketones (excluding diaryl/α,β-unsaturated/α-hetero) is 1. The van der Waals surface area contributed by atoms with Crippen LogP contribution in [0.2, 0.25) is 0 Å². The van der Waals surface area contributed by atoms with Gasteiger partial charge in [-0.1, -0.05) is 27.7 Å². The number of hydrogen-bond acceptors (Lipinski definition) is 4. The second kappa shape index (κ2) is 8.63. The van der Waals surface area contributed by atoms with Crippen LogP contribution >= 0.6 is 0 Å². The maximum Gasteiger partial charge on any atom is 0.305 e. The minimum absolute atomic E-state index is 0.0783. The maximum atomic E-state index is 13.1. The molecule has 1 N–H and O–H groups in total. The van der Waals surface area contributed by atoms with Crippen LogP contribution < -0.4 is 0 Å². The predicted molar refractivity (Wildman–Crippen MR) is 115 cm³/mol. The van der Waals surface area contributed by atoms with Crippen molar-refractivity contribution in [2.75, 3.05) is 7.11 Å². The van der Waals surface area contributed by atoms with E-state index in [1.807, 2.05) is 0 Å². The molecular formula is C25H40O5. The van der Waals surface area contributed by atoms with Crippen molar-refractivity contribution in [1.82, 2.24) is 0 Å². The number of esters is 1. The van der Waals surface area contributed by atoms with Crippen LogP contribution in [-0.4, -0.2) is 29.9 Å². The van der Waals surface area contributed by atoms with E-state index in [4.69, 9.17) is 4.74 Å². The number of ketones is 1. The Morgan fingerprint density at radius 1 is 1.17 bits per heavy atom. The van der Waals surface area contributed by atoms with E-state index in [-0.39, 0.29) is 23.6 Å². The highest BCUT2D eigenvalue weighted by molar-refractivity contribution is 5.86. The normalized spacial score (nSPS) is 41.6. The van der Waals surface area contributed by atoms with E-state index in [9.17, 15) is 19.5 Å². The first-order chi connectivity index (χ1) is 14.0. The minimum Gasteiger partial charge on any atom is -0.481 e. The topological polar surface area (TPSA) is 80.7 Å². The Labute approximate surface area is 181 Å². The largest absolute Gasteiger partial charge is 0.481 e. The number of carboxylic acid groups (broad SMARTS) is 1. The first kappa shape index (κ1) is 23.3. The first-order valence-corrected chi connectivity index (χ1v) is 11.9. The van der Waals surface area contributed by atoms with Crippen LogP contribution in [0.5, 0.6) is 0 Å². The fraction of sp³-hybridized carbons (Fsp3) is 0.880. The molecule has 3 saturated carbocycles. The zero-order chi connectivity index (χ0) is 22.3. The third-order valence-electron chi connectivity index (χ3n) is 9.60. The molecule has 0 aromatic rings. The van der Waals surface area contributed by atoms with Crippen molar-refractivity contribution in [1.29, 1.82) is 0 Å². The van der Waals surface area contributed by atoms with Gasteiger partial charge >= 0.3 is 11.9 Å². The van der Waals surface area contributed by atoms with Crippen molar-refractivity contribution < 1.29 is 24.2 Å². The van der Waals surface area contributed by atoms with Gasteiger partial charge in [0.25, 0.3) is 0 Å². The Balaban J connectivity index is 1.80. The molecule has 0 heterocycles. The van der Waals surface area contributed by atoms with Gasteiger partial charge in [-0.15, -0.1) is 0 Å². The fourth-order valence-electron chi connectivity index (χ4n) is 7.92. The maximum absolute atomic E-state index is 13.1. The fourth-order valence-corrected chi connectivity index (χ4v) is 7.92. The summed E-state index contributed by atoms with van der Waals surface area (Å²) in [5, 5.41) is 9.24. The molecule has 5 nitrogen and oxygen atoms in total. The van der Waals surface area contributed by atoms with E-state index in [0.29, 0.717) is 54.8 Å². The molecule has 0 aromatic carbocycles. The van der Waals surface area contributed by atoms with Crippen LogP contribution in [0.25, 0.3) is 0 Å². The summed E-state index contributed by atoms with van der Waals surface area (Å²) in [6.07, 6.45) is 7.01. The SMILES string of the molecule is COC(=O)CC[C@@H](C)[C@H]1CCC2C3C(CC[C@@]21C)[C@@](C)(CCC(=O)O)C(=O)C[C@@H]3C. The monoisotopic (exact) mass is 420 g/mol. The zero-order valence-corrected chi connectivity index (χ0v) is 19.4. The number of carbonyl (C=O) groups excluding carboxylic acids is 2. The molecule has 0 aliphatic heterocycles. The molecule has 5 heteroatoms. The van der Waals surface area contributed by atoms with Gasteiger partial charge in [0.2, 0.25) is 0 Å². The Bertz CT molecular complexity index is 687. The molecule has 0 aromatic heterocycles. The van der Waals surface area contributed by atoms with Gasteiger partial charge in [-0.2, -0.15) is 0 Å². The molecule has 0 bridgehead atoms. The summed E-state index contributed by atoms with van der Waals surface area (Å²) in [6, 6.07) is 0. The second-order valence-corrected chi connectivity index (χ2v) is 11.0. The van der Waals surface area contributed by atoms with Crippen LogP contribution in [0.1, 0.15) is 85.5 Å². The highest BCUT2D eigenvalue weighted by Crippen LogP contribution is 2.66. The van der Waals surface area contributed by atoms with Crippen molar-refractivity contribution in [3.05, 3.63) is 0 Å². The first-order valence-electron chi connectivity index (χ1n) is 11.9. The van der Waals surface area contributed by atoms with Crippen molar-refractivity contribution in [3.8, 4) is 0 Å². The Morgan fingerprint density at radius 3 is 2.50 bits per heavy atom. The van der Waals surface area contributed by atoms with E-state index >= 15 is 0 Å². The Hall–Kier alpha value is -1.39. The summed E-state index contributed by atoms with van der Waals surface area (Å²) in [5.74, 6) is 2.19. The highest BCUT2D eigenvalue weighted by atomic mass is 16.5. The van der Waals surface area contributed by atoms with Gasteiger partial charge in [-0.3, -0.25) is 14.4 Å². The summed E-state index contributed by atoms with van der Waals surface area (Å²) in [6.45, 7) is 9.04. The van der Waals surface area contributed by atoms with E-state index < -0.39 is 11.4 Å². The average molecular weight is 421 g/mol. The number of carboxylic acids is 1. The van der Waals surface area contributed by atoms with E-state index in [1.165, 1.54) is 20.0 Å². The molecule has 0 amide bonds. The summed E-state index contributed by atoms with van der Waals surface area (Å²) in [5.41, 5.74) is -0.245. The molecule has 3 rings (SSSR count). The smallest absolute Gasteiger partial charge is 0.305 e. The quantitative estimate of drug-likeness (QED) is 0.579. The van der Waals surface area contributed by atoms with Crippen LogP contribution in [0.3, 0.4) is 0 Å². The van der Waals surface area contributed by atoms with Crippen molar-refractivity contribution >= 4 is 17.7 Å². The van der Waals surface area contributed by atoms with Gasteiger partial charge in [-0.25, -0.2) is 0 Å². The lowest BCUT2D eigenvalue weighted by molar-refractivity contribution is -0.154. The van der Waals surface area contributed by atoms with Gasteiger partial charge in [0.15, 0.2) is 0 Å². The lowest BCUT2D eigenvalue weighted by atomic mass is 9.45. The summed E-state index contributed by atoms with van der Waals surface area (Å²) in [4.78, 5) is 36.0. The zero-order valence-electron chi connectivity index (χ0n) is 19.4. The molecule has 3 fully saturated rings. The Morgan fingerprint density at radius 2 is 1.87 bits per heavy atom. The number of ether oxygens (including phenoxy) is 1. The molecule has 170 valence electrons. The van der Waals surface area contributed by atoms with Crippen LogP contribution in [-0.2, 0) is 19.1 Å². The minimum atomic E-state index is -0.805. The third kappa shape index (κ3) is 3.93. The van der Waals surface area contributed by atoms with Gasteiger partial charge < -0.3 is 9.84 Å². The molecule has 30 heavy (non-hydrogen) atoms. The van der Waals surface area contributed by atoms with Crippen LogP contribution in [0.15, 0.2) is 0 Å². The predicted octanol–water partition coefficient (Wildman–Crippen LogP) is 5.11. The summed E-state index contributed by atoms with van der Waals surface area (Å²) < 4.78 is 4.84. The average Bonchev–Trinajstić information content (AvgIpc) is 3.05. The number of hydrogen-bond donors (Lipinski definition) is 1. The number of aliphatic carboxylic acids is 1. The molecule has 3 unspecified atom stereocenters. The third-order valence-corrected chi connectivity index (χ3v) is 9.60. The van der Waals surface area contributed by atoms with Gasteiger partial charge in [0.05, 0.1) is 7.11 Å². The number of rotatable bonds is 7. The van der Waals surface area contributed by atoms with E-state index in [2.05, 4.69) is 27.7 Å². The van der Waals surface area contributed by atoms with Gasteiger partial charge in [0, 0.05) is 24.7 Å². The molecule has 0 saturated heterocycles. The van der Waals surface area contributed by atoms with Crippen molar-refractivity contribution in [2.45, 2.75) is 85.5 Å². The van der Waals surface area contributed by atoms with Gasteiger partial charge in [0.1, 0.15) is 5.78 Å². The number of fused-ring (bicyclic) bond motifs is 3. The summed E-state index contributed by atoms with van der Waals surface area (Å²) >= 11 is 0. The van der Waals surface area contributed by atoms with Crippen LogP contribution in [0, 0.1) is 46.3 Å². The molecule has 0 spiro atoms. The lowest BCUT2D eigenvalue weighted by Gasteiger charge is -2.58. The van der Waals surface area contributed by atoms with E-state index in [0.717, 1.165) is 19.3 Å². The standard InChI is InChI=1S/C25H40O5/c1-15(6-9-22(29)30-5)17-7-8-18-23-16(2)14-20(26)25(4,13-11-21(27)28)19(23)10-12-24(17,18)3/h15-19,23H,6-14H2,1-5H3,(H,27,28)/t15-,16+,17-,18?,19?,23?,24-,25-/m1/s1. The second-order valence-electron chi connectivity index (χ2n) is 11.0. The molecule has 0 radical (unpaired) electrons. The Kier molecular flexibility index (Phi) is 6.69. The molecular weight excluding hydrogens is 380 g/mol. The molecule has 3 aliphatic rings. The van der Waals surface area contributed by atoms with Gasteiger partial charge in [-0.05, 0) is 79.4 Å². The molecule has 8 atom stereocenters. The van der Waals surface area contributed by atoms with Crippen LogP contribution in [0.4, 0.5) is 0 Å². The van der Waals surface area contributed by atoms with Crippen molar-refractivity contribution in [3.63, 3.8) is 0 Å². The number of methoxy groups -OCH3 is 1. The highest BCUT2D eigenvalue weighted by Gasteiger charge is 2.61. The van der Waals surface area contributed by atoms with E-state index in [1.54, 1.807) is 0 Å². The van der Waals surface area contributed by atoms with Crippen molar-refractivity contribution in [2.24, 2.45) is 46.3 Å².